The Morgan fingerprint density at radius 2 is 2.38 bits per heavy atom. The molecule has 0 bridgehead atoms. The molecule has 1 unspecified atom stereocenters. The maximum atomic E-state index is 5.71. The fourth-order valence-corrected chi connectivity index (χ4v) is 1.73. The summed E-state index contributed by atoms with van der Waals surface area (Å²) in [6.45, 7) is 4.55. The van der Waals surface area contributed by atoms with Gasteiger partial charge in [-0.15, -0.1) is 0 Å². The number of likely N-dealkylation sites (tertiary alicyclic amines) is 1. The van der Waals surface area contributed by atoms with Gasteiger partial charge < -0.3 is 5.73 Å². The lowest BCUT2D eigenvalue weighted by Crippen LogP contribution is -2.44. The van der Waals surface area contributed by atoms with Gasteiger partial charge in [-0.3, -0.25) is 4.90 Å². The molecular weight excluding hydrogens is 160 g/mol. The zero-order valence-corrected chi connectivity index (χ0v) is 8.03. The molecule has 1 saturated heterocycles. The van der Waals surface area contributed by atoms with Crippen LogP contribution < -0.4 is 5.73 Å². The van der Waals surface area contributed by atoms with Crippen LogP contribution in [0.1, 0.15) is 18.9 Å². The number of nitrogen functional groups attached to an aromatic ring is 1. The number of benzene rings is 1. The van der Waals surface area contributed by atoms with Gasteiger partial charge in [-0.2, -0.15) is 0 Å². The predicted molar refractivity (Wildman–Crippen MR) is 55.3 cm³/mol. The molecule has 2 heteroatoms. The van der Waals surface area contributed by atoms with E-state index in [1.165, 1.54) is 18.5 Å². The van der Waals surface area contributed by atoms with Gasteiger partial charge >= 0.3 is 0 Å². The molecule has 0 aliphatic carbocycles. The number of nitrogens with zero attached hydrogens (tertiary/aromatic N) is 1. The van der Waals surface area contributed by atoms with E-state index in [1.54, 1.807) is 0 Å². The Labute approximate surface area is 79.4 Å². The van der Waals surface area contributed by atoms with E-state index >= 15 is 0 Å². The van der Waals surface area contributed by atoms with Crippen LogP contribution >= 0.6 is 0 Å². The van der Waals surface area contributed by atoms with Crippen molar-refractivity contribution in [3.05, 3.63) is 29.8 Å². The van der Waals surface area contributed by atoms with E-state index in [0.717, 1.165) is 18.3 Å². The van der Waals surface area contributed by atoms with Crippen LogP contribution in [0.3, 0.4) is 0 Å². The lowest BCUT2D eigenvalue weighted by molar-refractivity contribution is 0.0960. The first-order chi connectivity index (χ1) is 6.25. The molecule has 1 aliphatic heterocycles. The topological polar surface area (TPSA) is 29.3 Å². The van der Waals surface area contributed by atoms with Crippen LogP contribution in [0.2, 0.25) is 0 Å². The van der Waals surface area contributed by atoms with Crippen molar-refractivity contribution >= 4 is 5.69 Å². The first kappa shape index (κ1) is 8.57. The molecule has 0 saturated carbocycles. The SMILES string of the molecule is CC1CCN1Cc1cccc(N)c1. The largest absolute Gasteiger partial charge is 0.399 e. The van der Waals surface area contributed by atoms with E-state index in [0.29, 0.717) is 0 Å². The second kappa shape index (κ2) is 3.38. The Kier molecular flexibility index (Phi) is 2.23. The minimum Gasteiger partial charge on any atom is -0.399 e. The van der Waals surface area contributed by atoms with Crippen molar-refractivity contribution in [2.75, 3.05) is 12.3 Å². The Bertz CT molecular complexity index is 296. The summed E-state index contributed by atoms with van der Waals surface area (Å²) in [5, 5.41) is 0. The molecule has 1 aromatic rings. The molecular formula is C11H16N2. The monoisotopic (exact) mass is 176 g/mol. The minimum absolute atomic E-state index is 0.751. The molecule has 1 fully saturated rings. The smallest absolute Gasteiger partial charge is 0.0317 e. The average molecular weight is 176 g/mol. The van der Waals surface area contributed by atoms with E-state index in [2.05, 4.69) is 24.0 Å². The fraction of sp³-hybridized carbons (Fsp3) is 0.455. The molecule has 1 aromatic carbocycles. The third-order valence-corrected chi connectivity index (χ3v) is 2.79. The number of rotatable bonds is 2. The Morgan fingerprint density at radius 3 is 2.92 bits per heavy atom. The van der Waals surface area contributed by atoms with Gasteiger partial charge in [0.05, 0.1) is 0 Å². The lowest BCUT2D eigenvalue weighted by atomic mass is 10.0. The number of anilines is 1. The molecule has 2 nitrogen and oxygen atoms in total. The Morgan fingerprint density at radius 1 is 1.54 bits per heavy atom. The van der Waals surface area contributed by atoms with Crippen LogP contribution in [0.15, 0.2) is 24.3 Å². The second-order valence-electron chi connectivity index (χ2n) is 3.85. The van der Waals surface area contributed by atoms with E-state index < -0.39 is 0 Å². The maximum absolute atomic E-state index is 5.71. The molecule has 1 aliphatic rings. The third kappa shape index (κ3) is 1.83. The highest BCUT2D eigenvalue weighted by Gasteiger charge is 2.22. The summed E-state index contributed by atoms with van der Waals surface area (Å²) in [5.41, 5.74) is 7.90. The highest BCUT2D eigenvalue weighted by Crippen LogP contribution is 2.20. The van der Waals surface area contributed by atoms with Crippen LogP contribution in [0.4, 0.5) is 5.69 Å². The highest BCUT2D eigenvalue weighted by atomic mass is 15.2. The molecule has 1 atom stereocenters. The Hall–Kier alpha value is -1.02. The Balaban J connectivity index is 2.01. The molecule has 0 radical (unpaired) electrons. The molecule has 2 N–H and O–H groups in total. The maximum Gasteiger partial charge on any atom is 0.0317 e. The number of hydrogen-bond donors (Lipinski definition) is 1. The molecule has 0 aromatic heterocycles. The van der Waals surface area contributed by atoms with Crippen LogP contribution in [-0.2, 0) is 6.54 Å². The molecule has 0 spiro atoms. The number of nitrogens with two attached hydrogens (primary N) is 1. The normalized spacial score (nSPS) is 22.7. The van der Waals surface area contributed by atoms with Gasteiger partial charge in [-0.05, 0) is 31.0 Å². The van der Waals surface area contributed by atoms with E-state index in [9.17, 15) is 0 Å². The number of hydrogen-bond acceptors (Lipinski definition) is 2. The summed E-state index contributed by atoms with van der Waals surface area (Å²) in [4.78, 5) is 2.47. The molecule has 1 heterocycles. The standard InChI is InChI=1S/C11H16N2/c1-9-5-6-13(9)8-10-3-2-4-11(12)7-10/h2-4,7,9H,5-6,8,12H2,1H3. The summed E-state index contributed by atoms with van der Waals surface area (Å²) >= 11 is 0. The van der Waals surface area contributed by atoms with Crippen LogP contribution in [-0.4, -0.2) is 17.5 Å². The van der Waals surface area contributed by atoms with Crippen LogP contribution in [0.25, 0.3) is 0 Å². The van der Waals surface area contributed by atoms with Crippen molar-refractivity contribution in [1.29, 1.82) is 0 Å². The predicted octanol–water partition coefficient (Wildman–Crippen LogP) is 1.86. The summed E-state index contributed by atoms with van der Waals surface area (Å²) in [7, 11) is 0. The quantitative estimate of drug-likeness (QED) is 0.697. The molecule has 0 amide bonds. The van der Waals surface area contributed by atoms with E-state index in [4.69, 9.17) is 5.73 Å². The van der Waals surface area contributed by atoms with Crippen LogP contribution in [0.5, 0.6) is 0 Å². The summed E-state index contributed by atoms with van der Waals surface area (Å²) in [6.07, 6.45) is 1.34. The van der Waals surface area contributed by atoms with Gasteiger partial charge in [0.25, 0.3) is 0 Å². The van der Waals surface area contributed by atoms with Crippen molar-refractivity contribution in [3.63, 3.8) is 0 Å². The van der Waals surface area contributed by atoms with E-state index in [1.807, 2.05) is 12.1 Å². The molecule has 70 valence electrons. The highest BCUT2D eigenvalue weighted by molar-refractivity contribution is 5.40. The van der Waals surface area contributed by atoms with Gasteiger partial charge in [0.1, 0.15) is 0 Å². The van der Waals surface area contributed by atoms with Gasteiger partial charge in [0.15, 0.2) is 0 Å². The zero-order chi connectivity index (χ0) is 9.26. The van der Waals surface area contributed by atoms with Crippen molar-refractivity contribution in [3.8, 4) is 0 Å². The van der Waals surface area contributed by atoms with Gasteiger partial charge in [0.2, 0.25) is 0 Å². The van der Waals surface area contributed by atoms with Crippen molar-refractivity contribution in [2.24, 2.45) is 0 Å². The first-order valence-corrected chi connectivity index (χ1v) is 4.84. The fourth-order valence-electron chi connectivity index (χ4n) is 1.73. The van der Waals surface area contributed by atoms with Gasteiger partial charge in [-0.1, -0.05) is 12.1 Å². The van der Waals surface area contributed by atoms with Gasteiger partial charge in [0, 0.05) is 24.8 Å². The summed E-state index contributed by atoms with van der Waals surface area (Å²) < 4.78 is 0. The summed E-state index contributed by atoms with van der Waals surface area (Å²) in [6, 6.07) is 8.91. The minimum atomic E-state index is 0.751. The molecule has 13 heavy (non-hydrogen) atoms. The van der Waals surface area contributed by atoms with Crippen molar-refractivity contribution < 1.29 is 0 Å². The summed E-state index contributed by atoms with van der Waals surface area (Å²) in [5.74, 6) is 0. The lowest BCUT2D eigenvalue weighted by Gasteiger charge is -2.38. The van der Waals surface area contributed by atoms with Crippen molar-refractivity contribution in [1.82, 2.24) is 4.90 Å². The zero-order valence-electron chi connectivity index (χ0n) is 8.03. The first-order valence-electron chi connectivity index (χ1n) is 4.84. The van der Waals surface area contributed by atoms with Crippen LogP contribution in [0, 0.1) is 0 Å². The van der Waals surface area contributed by atoms with E-state index in [-0.39, 0.29) is 0 Å². The molecule has 2 rings (SSSR count). The van der Waals surface area contributed by atoms with Crippen molar-refractivity contribution in [2.45, 2.75) is 25.9 Å². The second-order valence-corrected chi connectivity index (χ2v) is 3.85. The average Bonchev–Trinajstić information content (AvgIpc) is 2.12. The third-order valence-electron chi connectivity index (χ3n) is 2.79. The van der Waals surface area contributed by atoms with Gasteiger partial charge in [-0.25, -0.2) is 0 Å².